The smallest absolute Gasteiger partial charge is 0.272 e. The maximum absolute atomic E-state index is 13.1. The molecular weight excluding hydrogens is 570 g/mol. The SMILES string of the molecule is COc1ccc(C(=O)NC(=Cc2ccc([N+](=O)[O-])cc2)C(=O)Nc2ccc(C)cc2Br)cc1Br. The number of non-ortho nitro benzene ring substituents is 1. The van der Waals surface area contributed by atoms with E-state index in [-0.39, 0.29) is 11.4 Å². The van der Waals surface area contributed by atoms with Gasteiger partial charge < -0.3 is 15.4 Å². The number of hydrogen-bond acceptors (Lipinski definition) is 5. The van der Waals surface area contributed by atoms with Crippen molar-refractivity contribution in [1.29, 1.82) is 0 Å². The van der Waals surface area contributed by atoms with Crippen LogP contribution >= 0.6 is 31.9 Å². The summed E-state index contributed by atoms with van der Waals surface area (Å²) in [5.74, 6) is -0.529. The lowest BCUT2D eigenvalue weighted by atomic mass is 10.1. The standard InChI is InChI=1S/C24H19Br2N3O5/c1-14-3-9-20(18(25)11-14)27-24(31)21(12-15-4-7-17(8-5-15)29(32)33)28-23(30)16-6-10-22(34-2)19(26)13-16/h3-13H,1-2H3,(H,27,31)(H,28,30). The number of amides is 2. The molecule has 0 unspecified atom stereocenters. The van der Waals surface area contributed by atoms with Gasteiger partial charge in [-0.3, -0.25) is 19.7 Å². The first-order valence-corrected chi connectivity index (χ1v) is 11.4. The molecule has 0 bridgehead atoms. The van der Waals surface area contributed by atoms with Crippen molar-refractivity contribution < 1.29 is 19.2 Å². The highest BCUT2D eigenvalue weighted by molar-refractivity contribution is 9.11. The van der Waals surface area contributed by atoms with Crippen molar-refractivity contribution in [2.45, 2.75) is 6.92 Å². The molecule has 2 amide bonds. The molecule has 0 radical (unpaired) electrons. The molecule has 174 valence electrons. The van der Waals surface area contributed by atoms with Gasteiger partial charge in [0.15, 0.2) is 0 Å². The molecule has 8 nitrogen and oxygen atoms in total. The van der Waals surface area contributed by atoms with Crippen LogP contribution in [0.25, 0.3) is 6.08 Å². The third-order valence-corrected chi connectivity index (χ3v) is 5.97. The van der Waals surface area contributed by atoms with E-state index in [1.54, 1.807) is 24.3 Å². The lowest BCUT2D eigenvalue weighted by Gasteiger charge is -2.13. The van der Waals surface area contributed by atoms with Gasteiger partial charge in [-0.1, -0.05) is 6.07 Å². The number of carbonyl (C=O) groups excluding carboxylic acids is 2. The van der Waals surface area contributed by atoms with Crippen molar-refractivity contribution in [3.63, 3.8) is 0 Å². The Bertz CT molecular complexity index is 1290. The van der Waals surface area contributed by atoms with E-state index in [0.29, 0.717) is 31.5 Å². The number of methoxy groups -OCH3 is 1. The Hall–Kier alpha value is -3.50. The van der Waals surface area contributed by atoms with Crippen LogP contribution in [0.3, 0.4) is 0 Å². The molecule has 0 heterocycles. The average molecular weight is 589 g/mol. The van der Waals surface area contributed by atoms with Crippen LogP contribution in [0, 0.1) is 17.0 Å². The highest BCUT2D eigenvalue weighted by Gasteiger charge is 2.17. The molecule has 0 saturated heterocycles. The predicted molar refractivity (Wildman–Crippen MR) is 137 cm³/mol. The van der Waals surface area contributed by atoms with E-state index < -0.39 is 16.7 Å². The number of anilines is 1. The van der Waals surface area contributed by atoms with Gasteiger partial charge in [-0.25, -0.2) is 0 Å². The summed E-state index contributed by atoms with van der Waals surface area (Å²) in [6.45, 7) is 1.92. The van der Waals surface area contributed by atoms with Crippen LogP contribution in [-0.2, 0) is 4.79 Å². The van der Waals surface area contributed by atoms with Crippen molar-refractivity contribution in [2.24, 2.45) is 0 Å². The van der Waals surface area contributed by atoms with E-state index in [1.165, 1.54) is 37.5 Å². The van der Waals surface area contributed by atoms with E-state index in [4.69, 9.17) is 4.74 Å². The molecule has 0 aliphatic carbocycles. The minimum atomic E-state index is -0.566. The maximum atomic E-state index is 13.1. The lowest BCUT2D eigenvalue weighted by Crippen LogP contribution is -2.30. The molecule has 0 spiro atoms. The highest BCUT2D eigenvalue weighted by atomic mass is 79.9. The Balaban J connectivity index is 1.93. The average Bonchev–Trinajstić information content (AvgIpc) is 2.80. The van der Waals surface area contributed by atoms with E-state index in [2.05, 4.69) is 42.5 Å². The van der Waals surface area contributed by atoms with Gasteiger partial charge in [-0.05, 0) is 98.5 Å². The monoisotopic (exact) mass is 587 g/mol. The zero-order chi connectivity index (χ0) is 24.8. The largest absolute Gasteiger partial charge is 0.496 e. The first-order valence-electron chi connectivity index (χ1n) is 9.86. The topological polar surface area (TPSA) is 111 Å². The highest BCUT2D eigenvalue weighted by Crippen LogP contribution is 2.26. The van der Waals surface area contributed by atoms with Crippen LogP contribution in [0.4, 0.5) is 11.4 Å². The van der Waals surface area contributed by atoms with Crippen LogP contribution in [0.15, 0.2) is 75.3 Å². The Labute approximate surface area is 212 Å². The van der Waals surface area contributed by atoms with Crippen molar-refractivity contribution in [3.8, 4) is 5.75 Å². The molecule has 3 rings (SSSR count). The van der Waals surface area contributed by atoms with Crippen LogP contribution in [0.2, 0.25) is 0 Å². The van der Waals surface area contributed by atoms with Gasteiger partial charge in [0, 0.05) is 22.2 Å². The molecule has 0 aromatic heterocycles. The number of hydrogen-bond donors (Lipinski definition) is 2. The molecular formula is C24H19Br2N3O5. The molecule has 34 heavy (non-hydrogen) atoms. The fourth-order valence-electron chi connectivity index (χ4n) is 2.93. The summed E-state index contributed by atoms with van der Waals surface area (Å²) in [7, 11) is 1.51. The van der Waals surface area contributed by atoms with Crippen molar-refractivity contribution in [1.82, 2.24) is 5.32 Å². The third-order valence-electron chi connectivity index (χ3n) is 4.69. The second-order valence-electron chi connectivity index (χ2n) is 7.15. The van der Waals surface area contributed by atoms with Crippen LogP contribution in [0.1, 0.15) is 21.5 Å². The molecule has 0 fully saturated rings. The zero-order valence-corrected chi connectivity index (χ0v) is 21.3. The van der Waals surface area contributed by atoms with E-state index in [9.17, 15) is 19.7 Å². The second-order valence-corrected chi connectivity index (χ2v) is 8.86. The Morgan fingerprint density at radius 1 is 1.00 bits per heavy atom. The first kappa shape index (κ1) is 25.1. The molecule has 0 aliphatic heterocycles. The molecule has 0 aliphatic rings. The van der Waals surface area contributed by atoms with E-state index in [0.717, 1.165) is 5.56 Å². The maximum Gasteiger partial charge on any atom is 0.272 e. The number of nitro groups is 1. The molecule has 3 aromatic carbocycles. The third kappa shape index (κ3) is 6.30. The van der Waals surface area contributed by atoms with Gasteiger partial charge in [-0.2, -0.15) is 0 Å². The number of rotatable bonds is 7. The summed E-state index contributed by atoms with van der Waals surface area (Å²) in [6.07, 6.45) is 1.44. The number of nitrogens with zero attached hydrogens (tertiary/aromatic N) is 1. The fraction of sp³-hybridized carbons (Fsp3) is 0.0833. The molecule has 0 saturated carbocycles. The minimum absolute atomic E-state index is 0.0433. The first-order chi connectivity index (χ1) is 16.2. The van der Waals surface area contributed by atoms with Gasteiger partial charge >= 0.3 is 0 Å². The van der Waals surface area contributed by atoms with Gasteiger partial charge in [0.1, 0.15) is 11.4 Å². The predicted octanol–water partition coefficient (Wildman–Crippen LogP) is 5.85. The molecule has 0 atom stereocenters. The Morgan fingerprint density at radius 2 is 1.71 bits per heavy atom. The summed E-state index contributed by atoms with van der Waals surface area (Å²) >= 11 is 6.76. The second kappa shape index (κ2) is 11.1. The van der Waals surface area contributed by atoms with Gasteiger partial charge in [0.25, 0.3) is 17.5 Å². The molecule has 3 aromatic rings. The Morgan fingerprint density at radius 3 is 2.29 bits per heavy atom. The normalized spacial score (nSPS) is 11.0. The molecule has 10 heteroatoms. The van der Waals surface area contributed by atoms with Gasteiger partial charge in [-0.15, -0.1) is 0 Å². The van der Waals surface area contributed by atoms with Crippen LogP contribution < -0.4 is 15.4 Å². The van der Waals surface area contributed by atoms with Crippen molar-refractivity contribution in [3.05, 3.63) is 102 Å². The Kier molecular flexibility index (Phi) is 8.19. The number of aryl methyl sites for hydroxylation is 1. The summed E-state index contributed by atoms with van der Waals surface area (Å²) in [4.78, 5) is 36.4. The van der Waals surface area contributed by atoms with Crippen LogP contribution in [-0.4, -0.2) is 23.8 Å². The number of nitrogens with one attached hydrogen (secondary N) is 2. The number of halogens is 2. The van der Waals surface area contributed by atoms with E-state index in [1.807, 2.05) is 19.1 Å². The number of ether oxygens (including phenoxy) is 1. The fourth-order valence-corrected chi connectivity index (χ4v) is 4.06. The van der Waals surface area contributed by atoms with Crippen molar-refractivity contribution in [2.75, 3.05) is 12.4 Å². The number of carbonyl (C=O) groups is 2. The van der Waals surface area contributed by atoms with E-state index >= 15 is 0 Å². The lowest BCUT2D eigenvalue weighted by molar-refractivity contribution is -0.384. The summed E-state index contributed by atoms with van der Waals surface area (Å²) < 4.78 is 6.45. The summed E-state index contributed by atoms with van der Waals surface area (Å²) in [5, 5.41) is 16.3. The number of nitro benzene ring substituents is 1. The minimum Gasteiger partial charge on any atom is -0.496 e. The molecule has 2 N–H and O–H groups in total. The number of benzene rings is 3. The summed E-state index contributed by atoms with van der Waals surface area (Å²) in [6, 6.07) is 15.8. The van der Waals surface area contributed by atoms with Gasteiger partial charge in [0.05, 0.1) is 22.2 Å². The van der Waals surface area contributed by atoms with Crippen LogP contribution in [0.5, 0.6) is 5.75 Å². The van der Waals surface area contributed by atoms with Crippen molar-refractivity contribution >= 4 is 61.1 Å². The van der Waals surface area contributed by atoms with Gasteiger partial charge in [0.2, 0.25) is 0 Å². The zero-order valence-electron chi connectivity index (χ0n) is 18.1. The quantitative estimate of drug-likeness (QED) is 0.204. The summed E-state index contributed by atoms with van der Waals surface area (Å²) in [5.41, 5.74) is 2.19.